The highest BCUT2D eigenvalue weighted by Gasteiger charge is 2.44. The number of nitrogens with zero attached hydrogens (tertiary/aromatic N) is 1. The highest BCUT2D eigenvalue weighted by atomic mass is 35.5. The van der Waals surface area contributed by atoms with Crippen LogP contribution in [0.25, 0.3) is 0 Å². The molecule has 2 atom stereocenters. The molecule has 0 fully saturated rings. The smallest absolute Gasteiger partial charge is 0.319 e. The van der Waals surface area contributed by atoms with Crippen molar-refractivity contribution in [2.75, 3.05) is 24.8 Å². The fraction of sp³-hybridized carbons (Fsp3) is 0.250. The van der Waals surface area contributed by atoms with Gasteiger partial charge in [-0.1, -0.05) is 47.1 Å². The van der Waals surface area contributed by atoms with Crippen molar-refractivity contribution < 1.29 is 23.9 Å². The number of hydrogen-bond donors (Lipinski definition) is 2. The number of nitriles is 1. The molecule has 1 heterocycles. The van der Waals surface area contributed by atoms with Gasteiger partial charge in [0.25, 0.3) is 0 Å². The molecule has 0 saturated carbocycles. The Hall–Kier alpha value is -3.19. The fourth-order valence-corrected chi connectivity index (χ4v) is 4.85. The number of thioether (sulfide) groups is 1. The Bertz CT molecular complexity index is 1230. The van der Waals surface area contributed by atoms with Crippen molar-refractivity contribution in [3.8, 4) is 11.8 Å². The summed E-state index contributed by atoms with van der Waals surface area (Å²) < 4.78 is 10.3. The van der Waals surface area contributed by atoms with Gasteiger partial charge in [0.15, 0.2) is 0 Å². The van der Waals surface area contributed by atoms with Crippen LogP contribution < -0.4 is 15.4 Å². The van der Waals surface area contributed by atoms with Crippen LogP contribution in [0.15, 0.2) is 53.1 Å². The van der Waals surface area contributed by atoms with Crippen molar-refractivity contribution in [3.63, 3.8) is 0 Å². The SMILES string of the molecule is CCOc1ccc([C@@H]2C(C#N)=C(SCC(=O)Nc3cccc(Cl)c3)NC(=O)[C@H]2C(=O)OC)cc1Cl. The minimum absolute atomic E-state index is 0.104. The molecule has 2 amide bonds. The summed E-state index contributed by atoms with van der Waals surface area (Å²) in [5.41, 5.74) is 1.08. The van der Waals surface area contributed by atoms with Crippen LogP contribution in [0.3, 0.4) is 0 Å². The van der Waals surface area contributed by atoms with Crippen LogP contribution in [0.1, 0.15) is 18.4 Å². The number of halogens is 2. The number of carbonyl (C=O) groups excluding carboxylic acids is 3. The number of anilines is 1. The molecule has 3 rings (SSSR count). The third-order valence-electron chi connectivity index (χ3n) is 5.05. The van der Waals surface area contributed by atoms with Crippen molar-refractivity contribution in [2.24, 2.45) is 5.92 Å². The Balaban J connectivity index is 1.93. The molecule has 0 aliphatic carbocycles. The number of hydrogen-bond acceptors (Lipinski definition) is 7. The van der Waals surface area contributed by atoms with Gasteiger partial charge in [-0.25, -0.2) is 0 Å². The first-order chi connectivity index (χ1) is 16.8. The highest BCUT2D eigenvalue weighted by Crippen LogP contribution is 2.42. The predicted octanol–water partition coefficient (Wildman–Crippen LogP) is 4.50. The van der Waals surface area contributed by atoms with Gasteiger partial charge in [0.05, 0.1) is 41.2 Å². The molecular weight excluding hydrogens is 513 g/mol. The number of benzene rings is 2. The molecule has 0 aromatic heterocycles. The van der Waals surface area contributed by atoms with Gasteiger partial charge in [-0.15, -0.1) is 0 Å². The zero-order valence-electron chi connectivity index (χ0n) is 18.8. The third kappa shape index (κ3) is 6.28. The maximum Gasteiger partial charge on any atom is 0.319 e. The first-order valence-electron chi connectivity index (χ1n) is 10.4. The van der Waals surface area contributed by atoms with Crippen LogP contribution >= 0.6 is 35.0 Å². The lowest BCUT2D eigenvalue weighted by Gasteiger charge is -2.31. The maximum absolute atomic E-state index is 12.9. The average Bonchev–Trinajstić information content (AvgIpc) is 2.83. The van der Waals surface area contributed by atoms with Crippen molar-refractivity contribution in [1.29, 1.82) is 5.26 Å². The molecule has 0 radical (unpaired) electrons. The van der Waals surface area contributed by atoms with E-state index in [-0.39, 0.29) is 27.3 Å². The Kier molecular flexibility index (Phi) is 9.04. The van der Waals surface area contributed by atoms with E-state index in [0.717, 1.165) is 18.9 Å². The van der Waals surface area contributed by atoms with Crippen molar-refractivity contribution in [2.45, 2.75) is 12.8 Å². The van der Waals surface area contributed by atoms with Crippen LogP contribution in [-0.4, -0.2) is 37.3 Å². The lowest BCUT2D eigenvalue weighted by molar-refractivity contribution is -0.150. The molecule has 1 aliphatic rings. The largest absolute Gasteiger partial charge is 0.492 e. The Labute approximate surface area is 216 Å². The van der Waals surface area contributed by atoms with Gasteiger partial charge in [-0.3, -0.25) is 14.4 Å². The van der Waals surface area contributed by atoms with Gasteiger partial charge in [0.2, 0.25) is 11.8 Å². The third-order valence-corrected chi connectivity index (χ3v) is 6.60. The summed E-state index contributed by atoms with van der Waals surface area (Å²) in [6.07, 6.45) is 0. The number of amides is 2. The molecule has 8 nitrogen and oxygen atoms in total. The molecule has 182 valence electrons. The van der Waals surface area contributed by atoms with E-state index in [0.29, 0.717) is 28.6 Å². The highest BCUT2D eigenvalue weighted by molar-refractivity contribution is 8.03. The number of methoxy groups -OCH3 is 1. The molecule has 0 spiro atoms. The van der Waals surface area contributed by atoms with E-state index in [9.17, 15) is 19.6 Å². The molecule has 11 heteroatoms. The average molecular weight is 534 g/mol. The number of esters is 1. The van der Waals surface area contributed by atoms with Gasteiger partial charge in [-0.05, 0) is 42.8 Å². The molecule has 0 bridgehead atoms. The Morgan fingerprint density at radius 2 is 2.00 bits per heavy atom. The van der Waals surface area contributed by atoms with E-state index in [2.05, 4.69) is 16.7 Å². The van der Waals surface area contributed by atoms with E-state index in [1.54, 1.807) is 42.5 Å². The van der Waals surface area contributed by atoms with Crippen LogP contribution in [0.5, 0.6) is 5.75 Å². The summed E-state index contributed by atoms with van der Waals surface area (Å²) in [4.78, 5) is 37.9. The van der Waals surface area contributed by atoms with Crippen LogP contribution in [0.4, 0.5) is 5.69 Å². The van der Waals surface area contributed by atoms with Crippen molar-refractivity contribution in [1.82, 2.24) is 5.32 Å². The zero-order valence-corrected chi connectivity index (χ0v) is 21.1. The molecule has 2 aromatic rings. The first kappa shape index (κ1) is 26.4. The van der Waals surface area contributed by atoms with Gasteiger partial charge in [0, 0.05) is 16.6 Å². The number of ether oxygens (including phenoxy) is 2. The summed E-state index contributed by atoms with van der Waals surface area (Å²) >= 11 is 13.2. The van der Waals surface area contributed by atoms with Gasteiger partial charge in [-0.2, -0.15) is 5.26 Å². The fourth-order valence-electron chi connectivity index (χ4n) is 3.56. The summed E-state index contributed by atoms with van der Waals surface area (Å²) in [6.45, 7) is 2.21. The Morgan fingerprint density at radius 3 is 2.63 bits per heavy atom. The van der Waals surface area contributed by atoms with Gasteiger partial charge in [0.1, 0.15) is 11.7 Å². The number of nitrogens with one attached hydrogen (secondary N) is 2. The lowest BCUT2D eigenvalue weighted by Crippen LogP contribution is -2.44. The summed E-state index contributed by atoms with van der Waals surface area (Å²) in [7, 11) is 1.16. The normalized spacial score (nSPS) is 17.3. The standard InChI is InChI=1S/C24H21Cl2N3O5S/c1-3-34-18-8-7-13(9-17(18)26)20-16(11-27)23(29-22(31)21(20)24(32)33-2)35-12-19(30)28-15-6-4-5-14(25)10-15/h4-10,20-21H,3,12H2,1-2H3,(H,28,30)(H,29,31)/t20-,21+/m1/s1. The molecule has 1 aliphatic heterocycles. The number of allylic oxidation sites excluding steroid dienone is 1. The van der Waals surface area contributed by atoms with E-state index < -0.39 is 23.7 Å². The quantitative estimate of drug-likeness (QED) is 0.378. The molecule has 2 aromatic carbocycles. The number of carbonyl (C=O) groups is 3. The second kappa shape index (κ2) is 12.0. The summed E-state index contributed by atoms with van der Waals surface area (Å²) in [5.74, 6) is -3.76. The van der Waals surface area contributed by atoms with Gasteiger partial charge >= 0.3 is 5.97 Å². The monoisotopic (exact) mass is 533 g/mol. The lowest BCUT2D eigenvalue weighted by atomic mass is 9.78. The molecular formula is C24H21Cl2N3O5S. The predicted molar refractivity (Wildman–Crippen MR) is 134 cm³/mol. The summed E-state index contributed by atoms with van der Waals surface area (Å²) in [5, 5.41) is 16.2. The second-order valence-corrected chi connectivity index (χ2v) is 9.12. The molecule has 35 heavy (non-hydrogen) atoms. The van der Waals surface area contributed by atoms with Crippen LogP contribution in [0.2, 0.25) is 10.0 Å². The van der Waals surface area contributed by atoms with Crippen molar-refractivity contribution >= 4 is 58.4 Å². The van der Waals surface area contributed by atoms with Crippen LogP contribution in [-0.2, 0) is 19.1 Å². The number of rotatable bonds is 8. The topological polar surface area (TPSA) is 118 Å². The van der Waals surface area contributed by atoms with Crippen LogP contribution in [0, 0.1) is 17.2 Å². The molecule has 0 unspecified atom stereocenters. The molecule has 0 saturated heterocycles. The minimum atomic E-state index is -1.31. The van der Waals surface area contributed by atoms with E-state index in [1.807, 2.05) is 6.92 Å². The Morgan fingerprint density at radius 1 is 1.23 bits per heavy atom. The maximum atomic E-state index is 12.9. The van der Waals surface area contributed by atoms with Crippen molar-refractivity contribution in [3.05, 3.63) is 68.7 Å². The molecule has 2 N–H and O–H groups in total. The van der Waals surface area contributed by atoms with E-state index in [1.165, 1.54) is 0 Å². The van der Waals surface area contributed by atoms with E-state index >= 15 is 0 Å². The van der Waals surface area contributed by atoms with E-state index in [4.69, 9.17) is 32.7 Å². The minimum Gasteiger partial charge on any atom is -0.492 e. The van der Waals surface area contributed by atoms with Gasteiger partial charge < -0.3 is 20.1 Å². The first-order valence-corrected chi connectivity index (χ1v) is 12.2. The second-order valence-electron chi connectivity index (χ2n) is 7.29. The zero-order chi connectivity index (χ0) is 25.5. The summed E-state index contributed by atoms with van der Waals surface area (Å²) in [6, 6.07) is 13.5.